The molecule has 0 spiro atoms. The summed E-state index contributed by atoms with van der Waals surface area (Å²) in [7, 11) is 0. The molecule has 3 rings (SSSR count). The highest BCUT2D eigenvalue weighted by molar-refractivity contribution is 5.91. The fourth-order valence-corrected chi connectivity index (χ4v) is 2.70. The summed E-state index contributed by atoms with van der Waals surface area (Å²) in [6.07, 6.45) is 8.76. The number of amides is 1. The molecule has 1 saturated heterocycles. The van der Waals surface area contributed by atoms with E-state index in [9.17, 15) is 4.79 Å². The highest BCUT2D eigenvalue weighted by Gasteiger charge is 2.13. The van der Waals surface area contributed by atoms with Gasteiger partial charge in [-0.25, -0.2) is 9.97 Å². The first-order valence-electron chi connectivity index (χ1n) is 8.39. The van der Waals surface area contributed by atoms with E-state index in [1.807, 2.05) is 36.4 Å². The average molecular weight is 322 g/mol. The summed E-state index contributed by atoms with van der Waals surface area (Å²) >= 11 is 0. The molecule has 0 radical (unpaired) electrons. The lowest BCUT2D eigenvalue weighted by Crippen LogP contribution is -2.31. The number of piperidine rings is 1. The lowest BCUT2D eigenvalue weighted by Gasteiger charge is -2.26. The predicted molar refractivity (Wildman–Crippen MR) is 95.4 cm³/mol. The molecule has 124 valence electrons. The Morgan fingerprint density at radius 1 is 1.12 bits per heavy atom. The molecule has 24 heavy (non-hydrogen) atoms. The van der Waals surface area contributed by atoms with Crippen molar-refractivity contribution < 1.29 is 4.79 Å². The highest BCUT2D eigenvalue weighted by atomic mass is 16.1. The highest BCUT2D eigenvalue weighted by Crippen LogP contribution is 2.15. The molecule has 1 amide bonds. The van der Waals surface area contributed by atoms with Gasteiger partial charge in [-0.1, -0.05) is 30.3 Å². The molecule has 5 heteroatoms. The second-order valence-corrected chi connectivity index (χ2v) is 5.86. The number of anilines is 1. The van der Waals surface area contributed by atoms with E-state index in [4.69, 9.17) is 0 Å². The zero-order chi connectivity index (χ0) is 16.6. The Morgan fingerprint density at radius 2 is 1.92 bits per heavy atom. The van der Waals surface area contributed by atoms with Crippen LogP contribution in [0.4, 0.5) is 5.95 Å². The molecule has 0 atom stereocenters. The summed E-state index contributed by atoms with van der Waals surface area (Å²) in [6, 6.07) is 11.6. The monoisotopic (exact) mass is 322 g/mol. The number of hydrogen-bond acceptors (Lipinski definition) is 4. The first-order chi connectivity index (χ1) is 11.8. The van der Waals surface area contributed by atoms with E-state index in [0.717, 1.165) is 30.3 Å². The number of nitrogens with one attached hydrogen (secondary N) is 1. The van der Waals surface area contributed by atoms with Crippen LogP contribution in [0.15, 0.2) is 48.7 Å². The van der Waals surface area contributed by atoms with Gasteiger partial charge in [0.1, 0.15) is 0 Å². The van der Waals surface area contributed by atoms with Crippen molar-refractivity contribution in [1.29, 1.82) is 0 Å². The van der Waals surface area contributed by atoms with Crippen LogP contribution in [0.25, 0.3) is 6.08 Å². The summed E-state index contributed by atoms with van der Waals surface area (Å²) in [4.78, 5) is 23.1. The van der Waals surface area contributed by atoms with E-state index in [1.165, 1.54) is 19.3 Å². The van der Waals surface area contributed by atoms with Crippen LogP contribution in [0.3, 0.4) is 0 Å². The van der Waals surface area contributed by atoms with E-state index in [1.54, 1.807) is 18.3 Å². The lowest BCUT2D eigenvalue weighted by atomic mass is 10.1. The van der Waals surface area contributed by atoms with E-state index in [2.05, 4.69) is 20.2 Å². The lowest BCUT2D eigenvalue weighted by molar-refractivity contribution is -0.116. The molecule has 1 aromatic heterocycles. The molecule has 1 fully saturated rings. The van der Waals surface area contributed by atoms with Crippen LogP contribution < -0.4 is 10.2 Å². The first kappa shape index (κ1) is 16.2. The van der Waals surface area contributed by atoms with Crippen molar-refractivity contribution in [3.63, 3.8) is 0 Å². The standard InChI is InChI=1S/C19H22N4O/c24-18(10-9-16-7-3-1-4-8-16)21-15-17-11-12-20-19(22-17)23-13-5-2-6-14-23/h1,3-4,7-12H,2,5-6,13-15H2,(H,21,24)/b10-9+. The average Bonchev–Trinajstić information content (AvgIpc) is 2.66. The largest absolute Gasteiger partial charge is 0.347 e. The normalized spacial score (nSPS) is 14.8. The second-order valence-electron chi connectivity index (χ2n) is 5.86. The first-order valence-corrected chi connectivity index (χ1v) is 8.39. The summed E-state index contributed by atoms with van der Waals surface area (Å²) in [6.45, 7) is 2.42. The van der Waals surface area contributed by atoms with Gasteiger partial charge in [-0.3, -0.25) is 4.79 Å². The molecule has 1 aliphatic rings. The molecule has 0 aliphatic carbocycles. The number of aromatic nitrogens is 2. The molecule has 0 saturated carbocycles. The Hall–Kier alpha value is -2.69. The zero-order valence-electron chi connectivity index (χ0n) is 13.7. The Morgan fingerprint density at radius 3 is 2.71 bits per heavy atom. The molecule has 1 N–H and O–H groups in total. The van der Waals surface area contributed by atoms with Gasteiger partial charge in [0.15, 0.2) is 0 Å². The van der Waals surface area contributed by atoms with Gasteiger partial charge in [-0.05, 0) is 37.0 Å². The number of nitrogens with zero attached hydrogens (tertiary/aromatic N) is 3. The third kappa shape index (κ3) is 4.65. The minimum atomic E-state index is -0.128. The zero-order valence-corrected chi connectivity index (χ0v) is 13.7. The van der Waals surface area contributed by atoms with Crippen LogP contribution in [-0.2, 0) is 11.3 Å². The van der Waals surface area contributed by atoms with Crippen molar-refractivity contribution in [2.24, 2.45) is 0 Å². The summed E-state index contributed by atoms with van der Waals surface area (Å²) < 4.78 is 0. The second kappa shape index (κ2) is 8.24. The van der Waals surface area contributed by atoms with Gasteiger partial charge in [-0.2, -0.15) is 0 Å². The molecule has 2 heterocycles. The Labute approximate surface area is 142 Å². The number of benzene rings is 1. The quantitative estimate of drug-likeness (QED) is 0.860. The molecule has 5 nitrogen and oxygen atoms in total. The van der Waals surface area contributed by atoms with Crippen LogP contribution in [-0.4, -0.2) is 29.0 Å². The SMILES string of the molecule is O=C(/C=C/c1ccccc1)NCc1ccnc(N2CCCCC2)n1. The van der Waals surface area contributed by atoms with Crippen molar-refractivity contribution >= 4 is 17.9 Å². The Balaban J connectivity index is 1.54. The summed E-state index contributed by atoms with van der Waals surface area (Å²) in [5.74, 6) is 0.637. The molecule has 0 bridgehead atoms. The maximum atomic E-state index is 11.9. The predicted octanol–water partition coefficient (Wildman–Crippen LogP) is 2.80. The number of carbonyl (C=O) groups is 1. The summed E-state index contributed by atoms with van der Waals surface area (Å²) in [5, 5.41) is 2.86. The van der Waals surface area contributed by atoms with Crippen LogP contribution in [0.5, 0.6) is 0 Å². The van der Waals surface area contributed by atoms with Crippen molar-refractivity contribution in [3.8, 4) is 0 Å². The van der Waals surface area contributed by atoms with Gasteiger partial charge in [0.25, 0.3) is 0 Å². The molecular weight excluding hydrogens is 300 g/mol. The van der Waals surface area contributed by atoms with E-state index < -0.39 is 0 Å². The van der Waals surface area contributed by atoms with E-state index >= 15 is 0 Å². The fourth-order valence-electron chi connectivity index (χ4n) is 2.70. The van der Waals surface area contributed by atoms with Gasteiger partial charge in [0.05, 0.1) is 12.2 Å². The van der Waals surface area contributed by atoms with Gasteiger partial charge >= 0.3 is 0 Å². The van der Waals surface area contributed by atoms with Crippen molar-refractivity contribution in [2.45, 2.75) is 25.8 Å². The van der Waals surface area contributed by atoms with Gasteiger partial charge in [-0.15, -0.1) is 0 Å². The van der Waals surface area contributed by atoms with Crippen molar-refractivity contribution in [2.75, 3.05) is 18.0 Å². The van der Waals surface area contributed by atoms with Gasteiger partial charge < -0.3 is 10.2 Å². The Bertz CT molecular complexity index is 694. The number of hydrogen-bond donors (Lipinski definition) is 1. The number of rotatable bonds is 5. The third-order valence-electron chi connectivity index (χ3n) is 4.01. The van der Waals surface area contributed by atoms with E-state index in [-0.39, 0.29) is 5.91 Å². The summed E-state index contributed by atoms with van der Waals surface area (Å²) in [5.41, 5.74) is 1.83. The van der Waals surface area contributed by atoms with Gasteiger partial charge in [0, 0.05) is 25.4 Å². The molecule has 0 unspecified atom stereocenters. The topological polar surface area (TPSA) is 58.1 Å². The van der Waals surface area contributed by atoms with E-state index in [0.29, 0.717) is 6.54 Å². The minimum Gasteiger partial charge on any atom is -0.347 e. The minimum absolute atomic E-state index is 0.128. The van der Waals surface area contributed by atoms with Crippen LogP contribution in [0.2, 0.25) is 0 Å². The van der Waals surface area contributed by atoms with Crippen molar-refractivity contribution in [1.82, 2.24) is 15.3 Å². The smallest absolute Gasteiger partial charge is 0.244 e. The van der Waals surface area contributed by atoms with Crippen LogP contribution >= 0.6 is 0 Å². The fraction of sp³-hybridized carbons (Fsp3) is 0.316. The Kier molecular flexibility index (Phi) is 5.56. The van der Waals surface area contributed by atoms with Crippen LogP contribution in [0, 0.1) is 0 Å². The number of carbonyl (C=O) groups excluding carboxylic acids is 1. The molecule has 1 aliphatic heterocycles. The van der Waals surface area contributed by atoms with Crippen molar-refractivity contribution in [3.05, 3.63) is 59.9 Å². The van der Waals surface area contributed by atoms with Gasteiger partial charge in [0.2, 0.25) is 11.9 Å². The molecule has 1 aromatic carbocycles. The maximum absolute atomic E-state index is 11.9. The maximum Gasteiger partial charge on any atom is 0.244 e. The third-order valence-corrected chi connectivity index (χ3v) is 4.01. The molecule has 2 aromatic rings. The van der Waals surface area contributed by atoms with Crippen LogP contribution in [0.1, 0.15) is 30.5 Å². The molecular formula is C19H22N4O.